The molecule has 0 unspecified atom stereocenters. The van der Waals surface area contributed by atoms with Crippen molar-refractivity contribution >= 4 is 28.5 Å². The number of thiazole rings is 1. The molecule has 0 aliphatic rings. The molecule has 4 nitrogen and oxygen atoms in total. The zero-order valence-electron chi connectivity index (χ0n) is 9.21. The van der Waals surface area contributed by atoms with Crippen LogP contribution in [0.2, 0.25) is 0 Å². The van der Waals surface area contributed by atoms with Gasteiger partial charge in [-0.25, -0.2) is 4.98 Å². The lowest BCUT2D eigenvalue weighted by Gasteiger charge is -2.09. The Bertz CT molecular complexity index is 602. The maximum absolute atomic E-state index is 12.1. The molecule has 0 saturated heterocycles. The molecule has 0 saturated carbocycles. The second kappa shape index (κ2) is 4.77. The van der Waals surface area contributed by atoms with E-state index in [9.17, 15) is 4.79 Å². The lowest BCUT2D eigenvalue weighted by Crippen LogP contribution is -2.30. The van der Waals surface area contributed by atoms with Gasteiger partial charge in [0, 0.05) is 17.3 Å². The maximum atomic E-state index is 12.1. The number of hydrogen-bond donors (Lipinski definition) is 1. The average molecular weight is 265 g/mol. The van der Waals surface area contributed by atoms with E-state index < -0.39 is 0 Å². The summed E-state index contributed by atoms with van der Waals surface area (Å²) in [4.78, 5) is 16.4. The van der Waals surface area contributed by atoms with E-state index in [1.165, 1.54) is 11.3 Å². The quantitative estimate of drug-likeness (QED) is 0.850. The molecule has 0 radical (unpaired) electrons. The Kier molecular flexibility index (Phi) is 3.35. The predicted molar refractivity (Wildman–Crippen MR) is 72.5 cm³/mol. The van der Waals surface area contributed by atoms with E-state index in [-0.39, 0.29) is 10.5 Å². The van der Waals surface area contributed by atoms with Crippen molar-refractivity contribution in [3.63, 3.8) is 0 Å². The molecule has 0 aliphatic carbocycles. The molecule has 2 aromatic rings. The number of nitrogens with two attached hydrogens (primary N) is 1. The number of hydrogen-bond acceptors (Lipinski definition) is 4. The molecule has 0 aromatic carbocycles. The van der Waals surface area contributed by atoms with Gasteiger partial charge in [0.1, 0.15) is 10.00 Å². The van der Waals surface area contributed by atoms with Crippen LogP contribution in [0.1, 0.15) is 16.3 Å². The molecule has 0 bridgehead atoms. The van der Waals surface area contributed by atoms with E-state index in [1.807, 2.05) is 18.4 Å². The van der Waals surface area contributed by atoms with Gasteiger partial charge in [-0.15, -0.1) is 11.3 Å². The van der Waals surface area contributed by atoms with Gasteiger partial charge in [0.2, 0.25) is 0 Å². The molecule has 88 valence electrons. The number of aromatic nitrogens is 2. The summed E-state index contributed by atoms with van der Waals surface area (Å²) in [6, 6.07) is 3.50. The number of thiocarbonyl (C=S) groups is 1. The van der Waals surface area contributed by atoms with Gasteiger partial charge in [-0.2, -0.15) is 0 Å². The van der Waals surface area contributed by atoms with Gasteiger partial charge in [-0.1, -0.05) is 12.2 Å². The van der Waals surface area contributed by atoms with Crippen LogP contribution < -0.4 is 11.3 Å². The summed E-state index contributed by atoms with van der Waals surface area (Å²) in [6.45, 7) is 2.33. The lowest BCUT2D eigenvalue weighted by molar-refractivity contribution is 0.724. The van der Waals surface area contributed by atoms with Crippen molar-refractivity contribution in [1.29, 1.82) is 0 Å². The van der Waals surface area contributed by atoms with Crippen LogP contribution in [0.3, 0.4) is 0 Å². The molecule has 2 N–H and O–H groups in total. The first-order chi connectivity index (χ1) is 8.09. The van der Waals surface area contributed by atoms with Gasteiger partial charge in [0.05, 0.1) is 12.1 Å². The first kappa shape index (κ1) is 11.9. The molecule has 0 aliphatic heterocycles. The minimum atomic E-state index is -0.160. The van der Waals surface area contributed by atoms with Gasteiger partial charge in [0.15, 0.2) is 0 Å². The summed E-state index contributed by atoms with van der Waals surface area (Å²) in [5, 5.41) is 2.77. The van der Waals surface area contributed by atoms with E-state index in [2.05, 4.69) is 4.98 Å². The third kappa shape index (κ3) is 2.42. The number of rotatable bonds is 3. The fourth-order valence-corrected chi connectivity index (χ4v) is 2.28. The van der Waals surface area contributed by atoms with Gasteiger partial charge >= 0.3 is 0 Å². The van der Waals surface area contributed by atoms with Crippen molar-refractivity contribution < 1.29 is 0 Å². The topological polar surface area (TPSA) is 60.9 Å². The van der Waals surface area contributed by atoms with Crippen LogP contribution in [-0.4, -0.2) is 14.5 Å². The highest BCUT2D eigenvalue weighted by molar-refractivity contribution is 7.80. The fourth-order valence-electron chi connectivity index (χ4n) is 1.52. The fraction of sp³-hybridized carbons (Fsp3) is 0.182. The number of aryl methyl sites for hydroxylation is 1. The third-order valence-corrected chi connectivity index (χ3v) is 3.42. The monoisotopic (exact) mass is 265 g/mol. The summed E-state index contributed by atoms with van der Waals surface area (Å²) >= 11 is 6.37. The summed E-state index contributed by atoms with van der Waals surface area (Å²) < 4.78 is 1.63. The van der Waals surface area contributed by atoms with E-state index in [1.54, 1.807) is 16.8 Å². The van der Waals surface area contributed by atoms with Crippen molar-refractivity contribution in [3.05, 3.63) is 50.3 Å². The zero-order valence-corrected chi connectivity index (χ0v) is 10.8. The van der Waals surface area contributed by atoms with E-state index >= 15 is 0 Å². The highest BCUT2D eigenvalue weighted by atomic mass is 32.1. The molecule has 0 amide bonds. The van der Waals surface area contributed by atoms with Crippen LogP contribution >= 0.6 is 23.6 Å². The van der Waals surface area contributed by atoms with Crippen molar-refractivity contribution in [2.24, 2.45) is 5.73 Å². The van der Waals surface area contributed by atoms with Crippen LogP contribution in [0, 0.1) is 6.92 Å². The molecular weight excluding hydrogens is 254 g/mol. The average Bonchev–Trinajstić information content (AvgIpc) is 2.76. The normalized spacial score (nSPS) is 10.4. The Balaban J connectivity index is 2.49. The molecule has 0 fully saturated rings. The second-order valence-electron chi connectivity index (χ2n) is 3.57. The SMILES string of the molecule is Cc1ccc(C(N)=S)c(=O)n1Cc1nccs1. The van der Waals surface area contributed by atoms with Crippen LogP contribution in [0.15, 0.2) is 28.5 Å². The summed E-state index contributed by atoms with van der Waals surface area (Å²) in [7, 11) is 0. The van der Waals surface area contributed by atoms with Crippen molar-refractivity contribution in [3.8, 4) is 0 Å². The van der Waals surface area contributed by atoms with Gasteiger partial charge < -0.3 is 10.3 Å². The summed E-state index contributed by atoms with van der Waals surface area (Å²) in [6.07, 6.45) is 1.72. The third-order valence-electron chi connectivity index (χ3n) is 2.43. The summed E-state index contributed by atoms with van der Waals surface area (Å²) in [5.41, 5.74) is 6.60. The minimum Gasteiger partial charge on any atom is -0.389 e. The Morgan fingerprint density at radius 2 is 2.35 bits per heavy atom. The highest BCUT2D eigenvalue weighted by Crippen LogP contribution is 2.07. The maximum Gasteiger partial charge on any atom is 0.261 e. The molecular formula is C11H11N3OS2. The second-order valence-corrected chi connectivity index (χ2v) is 4.99. The molecule has 0 atom stereocenters. The molecule has 17 heavy (non-hydrogen) atoms. The molecule has 6 heteroatoms. The smallest absolute Gasteiger partial charge is 0.261 e. The molecule has 2 aromatic heterocycles. The lowest BCUT2D eigenvalue weighted by atomic mass is 10.2. The van der Waals surface area contributed by atoms with E-state index in [4.69, 9.17) is 18.0 Å². The standard InChI is InChI=1S/C11H11N3OS2/c1-7-2-3-8(10(12)16)11(15)14(7)6-9-13-4-5-17-9/h2-5H,6H2,1H3,(H2,12,16). The van der Waals surface area contributed by atoms with Gasteiger partial charge in [-0.3, -0.25) is 4.79 Å². The number of nitrogens with zero attached hydrogens (tertiary/aromatic N) is 2. The predicted octanol–water partition coefficient (Wildman–Crippen LogP) is 1.30. The Morgan fingerprint density at radius 3 is 2.94 bits per heavy atom. The Hall–Kier alpha value is -1.53. The van der Waals surface area contributed by atoms with Crippen molar-refractivity contribution in [1.82, 2.24) is 9.55 Å². The first-order valence-electron chi connectivity index (χ1n) is 4.98. The van der Waals surface area contributed by atoms with Gasteiger partial charge in [-0.05, 0) is 19.1 Å². The van der Waals surface area contributed by atoms with E-state index in [0.29, 0.717) is 12.1 Å². The number of pyridine rings is 1. The van der Waals surface area contributed by atoms with Crippen LogP contribution in [0.25, 0.3) is 0 Å². The zero-order chi connectivity index (χ0) is 12.4. The minimum absolute atomic E-state index is 0.128. The van der Waals surface area contributed by atoms with Crippen LogP contribution in [0.4, 0.5) is 0 Å². The van der Waals surface area contributed by atoms with Crippen molar-refractivity contribution in [2.45, 2.75) is 13.5 Å². The van der Waals surface area contributed by atoms with Gasteiger partial charge in [0.25, 0.3) is 5.56 Å². The Labute approximate surface area is 108 Å². The highest BCUT2D eigenvalue weighted by Gasteiger charge is 2.09. The van der Waals surface area contributed by atoms with Crippen LogP contribution in [-0.2, 0) is 6.54 Å². The molecule has 2 heterocycles. The largest absolute Gasteiger partial charge is 0.389 e. The molecule has 0 spiro atoms. The molecule has 2 rings (SSSR count). The van der Waals surface area contributed by atoms with Crippen molar-refractivity contribution in [2.75, 3.05) is 0 Å². The first-order valence-corrected chi connectivity index (χ1v) is 6.27. The van der Waals surface area contributed by atoms with E-state index in [0.717, 1.165) is 10.7 Å². The Morgan fingerprint density at radius 1 is 1.59 bits per heavy atom. The van der Waals surface area contributed by atoms with Crippen LogP contribution in [0.5, 0.6) is 0 Å². The summed E-state index contributed by atoms with van der Waals surface area (Å²) in [5.74, 6) is 0.